The van der Waals surface area contributed by atoms with E-state index in [4.69, 9.17) is 9.15 Å². The molecule has 2 rings (SSSR count). The molecule has 1 aliphatic heterocycles. The molecule has 4 heteroatoms. The second-order valence-electron chi connectivity index (χ2n) is 4.09. The highest BCUT2D eigenvalue weighted by molar-refractivity contribution is 4.88. The van der Waals surface area contributed by atoms with Crippen LogP contribution in [0.3, 0.4) is 0 Å². The molecule has 0 amide bonds. The SMILES string of the molecule is CC(NCc1cnco1)C1CCOCC1. The van der Waals surface area contributed by atoms with Crippen molar-refractivity contribution in [3.8, 4) is 0 Å². The van der Waals surface area contributed by atoms with Gasteiger partial charge in [-0.05, 0) is 25.7 Å². The molecule has 1 saturated heterocycles. The van der Waals surface area contributed by atoms with Gasteiger partial charge in [-0.2, -0.15) is 0 Å². The molecule has 1 unspecified atom stereocenters. The highest BCUT2D eigenvalue weighted by Gasteiger charge is 2.19. The van der Waals surface area contributed by atoms with Crippen LogP contribution >= 0.6 is 0 Å². The molecule has 1 aliphatic rings. The lowest BCUT2D eigenvalue weighted by atomic mass is 9.93. The Morgan fingerprint density at radius 3 is 3.00 bits per heavy atom. The summed E-state index contributed by atoms with van der Waals surface area (Å²) in [7, 11) is 0. The summed E-state index contributed by atoms with van der Waals surface area (Å²) in [5.41, 5.74) is 0. The molecule has 0 radical (unpaired) electrons. The zero-order chi connectivity index (χ0) is 10.5. The van der Waals surface area contributed by atoms with Crippen LogP contribution in [0.4, 0.5) is 0 Å². The lowest BCUT2D eigenvalue weighted by molar-refractivity contribution is 0.0555. The summed E-state index contributed by atoms with van der Waals surface area (Å²) in [5.74, 6) is 1.62. The van der Waals surface area contributed by atoms with Crippen molar-refractivity contribution in [1.82, 2.24) is 10.3 Å². The second-order valence-corrected chi connectivity index (χ2v) is 4.09. The molecule has 0 aliphatic carbocycles. The number of nitrogens with zero attached hydrogens (tertiary/aromatic N) is 1. The topological polar surface area (TPSA) is 47.3 Å². The third-order valence-electron chi connectivity index (χ3n) is 3.05. The standard InChI is InChI=1S/C11H18N2O2/c1-9(10-2-4-14-5-3-10)13-7-11-6-12-8-15-11/h6,8-10,13H,2-5,7H2,1H3. The third kappa shape index (κ3) is 3.04. The van der Waals surface area contributed by atoms with Gasteiger partial charge in [0.05, 0.1) is 12.7 Å². The van der Waals surface area contributed by atoms with Gasteiger partial charge in [-0.3, -0.25) is 0 Å². The zero-order valence-corrected chi connectivity index (χ0v) is 9.11. The molecule has 0 bridgehead atoms. The molecule has 0 aromatic carbocycles. The minimum atomic E-state index is 0.513. The normalized spacial score (nSPS) is 20.3. The van der Waals surface area contributed by atoms with Gasteiger partial charge in [0.25, 0.3) is 0 Å². The van der Waals surface area contributed by atoms with E-state index in [1.54, 1.807) is 6.20 Å². The highest BCUT2D eigenvalue weighted by Crippen LogP contribution is 2.18. The lowest BCUT2D eigenvalue weighted by Crippen LogP contribution is -2.36. The van der Waals surface area contributed by atoms with E-state index in [1.165, 1.54) is 6.39 Å². The Bertz CT molecular complexity index is 268. The minimum Gasteiger partial charge on any atom is -0.447 e. The molecule has 1 atom stereocenters. The predicted molar refractivity (Wildman–Crippen MR) is 56.3 cm³/mol. The molecule has 15 heavy (non-hydrogen) atoms. The molecule has 0 saturated carbocycles. The average molecular weight is 210 g/mol. The number of nitrogens with one attached hydrogen (secondary N) is 1. The fourth-order valence-corrected chi connectivity index (χ4v) is 1.97. The monoisotopic (exact) mass is 210 g/mol. The zero-order valence-electron chi connectivity index (χ0n) is 9.11. The van der Waals surface area contributed by atoms with Crippen molar-refractivity contribution in [3.63, 3.8) is 0 Å². The van der Waals surface area contributed by atoms with Crippen LogP contribution in [0.2, 0.25) is 0 Å². The van der Waals surface area contributed by atoms with Crippen LogP contribution in [-0.4, -0.2) is 24.2 Å². The van der Waals surface area contributed by atoms with E-state index >= 15 is 0 Å². The molecular weight excluding hydrogens is 192 g/mol. The van der Waals surface area contributed by atoms with Crippen molar-refractivity contribution < 1.29 is 9.15 Å². The Labute approximate surface area is 90.0 Å². The van der Waals surface area contributed by atoms with Gasteiger partial charge in [-0.25, -0.2) is 4.98 Å². The maximum atomic E-state index is 5.34. The van der Waals surface area contributed by atoms with Gasteiger partial charge in [-0.15, -0.1) is 0 Å². The van der Waals surface area contributed by atoms with Crippen LogP contribution in [0.5, 0.6) is 0 Å². The summed E-state index contributed by atoms with van der Waals surface area (Å²) in [6.45, 7) is 4.79. The number of aromatic nitrogens is 1. The third-order valence-corrected chi connectivity index (χ3v) is 3.05. The van der Waals surface area contributed by atoms with Gasteiger partial charge >= 0.3 is 0 Å². The van der Waals surface area contributed by atoms with Crippen molar-refractivity contribution in [2.24, 2.45) is 5.92 Å². The van der Waals surface area contributed by atoms with Crippen molar-refractivity contribution in [1.29, 1.82) is 0 Å². The van der Waals surface area contributed by atoms with Crippen LogP contribution in [0, 0.1) is 5.92 Å². The van der Waals surface area contributed by atoms with Crippen LogP contribution in [0.25, 0.3) is 0 Å². The Hall–Kier alpha value is -0.870. The van der Waals surface area contributed by atoms with Gasteiger partial charge in [0.15, 0.2) is 6.39 Å². The van der Waals surface area contributed by atoms with Crippen LogP contribution < -0.4 is 5.32 Å². The van der Waals surface area contributed by atoms with Gasteiger partial charge in [0.1, 0.15) is 5.76 Å². The summed E-state index contributed by atoms with van der Waals surface area (Å²) >= 11 is 0. The highest BCUT2D eigenvalue weighted by atomic mass is 16.5. The molecule has 1 aromatic rings. The maximum Gasteiger partial charge on any atom is 0.180 e. The van der Waals surface area contributed by atoms with Crippen LogP contribution in [0.1, 0.15) is 25.5 Å². The first-order valence-electron chi connectivity index (χ1n) is 5.55. The molecular formula is C11H18N2O2. The maximum absolute atomic E-state index is 5.34. The van der Waals surface area contributed by atoms with E-state index in [0.717, 1.165) is 44.3 Å². The second kappa shape index (κ2) is 5.28. The first-order chi connectivity index (χ1) is 7.36. The first kappa shape index (κ1) is 10.6. The summed E-state index contributed by atoms with van der Waals surface area (Å²) in [6.07, 6.45) is 5.54. The predicted octanol–water partition coefficient (Wildman–Crippen LogP) is 1.58. The minimum absolute atomic E-state index is 0.513. The Morgan fingerprint density at radius 2 is 2.33 bits per heavy atom. The molecule has 4 nitrogen and oxygen atoms in total. The summed E-state index contributed by atoms with van der Waals surface area (Å²) < 4.78 is 10.5. The van der Waals surface area contributed by atoms with Gasteiger partial charge < -0.3 is 14.5 Å². The van der Waals surface area contributed by atoms with Crippen molar-refractivity contribution in [3.05, 3.63) is 18.4 Å². The largest absolute Gasteiger partial charge is 0.447 e. The number of rotatable bonds is 4. The van der Waals surface area contributed by atoms with Gasteiger partial charge in [-0.1, -0.05) is 0 Å². The van der Waals surface area contributed by atoms with Crippen LogP contribution in [0.15, 0.2) is 17.0 Å². The van der Waals surface area contributed by atoms with E-state index in [1.807, 2.05) is 0 Å². The lowest BCUT2D eigenvalue weighted by Gasteiger charge is -2.28. The fourth-order valence-electron chi connectivity index (χ4n) is 1.97. The Kier molecular flexibility index (Phi) is 3.75. The van der Waals surface area contributed by atoms with Crippen molar-refractivity contribution in [2.75, 3.05) is 13.2 Å². The van der Waals surface area contributed by atoms with Crippen LogP contribution in [-0.2, 0) is 11.3 Å². The summed E-state index contributed by atoms with van der Waals surface area (Å²) in [4.78, 5) is 3.89. The number of oxazole rings is 1. The van der Waals surface area contributed by atoms with Gasteiger partial charge in [0, 0.05) is 19.3 Å². The summed E-state index contributed by atoms with van der Waals surface area (Å²) in [6, 6.07) is 0.513. The van der Waals surface area contributed by atoms with E-state index < -0.39 is 0 Å². The van der Waals surface area contributed by atoms with Crippen molar-refractivity contribution in [2.45, 2.75) is 32.4 Å². The first-order valence-corrected chi connectivity index (χ1v) is 5.55. The molecule has 84 valence electrons. The van der Waals surface area contributed by atoms with E-state index in [0.29, 0.717) is 6.04 Å². The Morgan fingerprint density at radius 1 is 1.53 bits per heavy atom. The summed E-state index contributed by atoms with van der Waals surface area (Å²) in [5, 5.41) is 3.47. The molecule has 1 fully saturated rings. The molecule has 0 spiro atoms. The van der Waals surface area contributed by atoms with E-state index in [-0.39, 0.29) is 0 Å². The molecule has 1 aromatic heterocycles. The average Bonchev–Trinajstić information content (AvgIpc) is 2.80. The molecule has 1 N–H and O–H groups in total. The van der Waals surface area contributed by atoms with Crippen molar-refractivity contribution >= 4 is 0 Å². The Balaban J connectivity index is 1.74. The number of ether oxygens (including phenoxy) is 1. The number of hydrogen-bond acceptors (Lipinski definition) is 4. The van der Waals surface area contributed by atoms with E-state index in [9.17, 15) is 0 Å². The smallest absolute Gasteiger partial charge is 0.180 e. The fraction of sp³-hybridized carbons (Fsp3) is 0.727. The number of hydrogen-bond donors (Lipinski definition) is 1. The quantitative estimate of drug-likeness (QED) is 0.819. The van der Waals surface area contributed by atoms with Gasteiger partial charge in [0.2, 0.25) is 0 Å². The molecule has 2 heterocycles. The van der Waals surface area contributed by atoms with E-state index in [2.05, 4.69) is 17.2 Å².